The van der Waals surface area contributed by atoms with Crippen molar-refractivity contribution in [3.05, 3.63) is 64.8 Å². The molecule has 7 heteroatoms. The lowest BCUT2D eigenvalue weighted by Gasteiger charge is -2.29. The highest BCUT2D eigenvalue weighted by atomic mass is 35.5. The molecule has 0 radical (unpaired) electrons. The number of anilines is 2. The summed E-state index contributed by atoms with van der Waals surface area (Å²) in [6, 6.07) is 10.6. The molecule has 0 saturated carbocycles. The van der Waals surface area contributed by atoms with E-state index in [1.54, 1.807) is 36.4 Å². The Morgan fingerprint density at radius 3 is 2.54 bits per heavy atom. The number of para-hydroxylation sites is 1. The van der Waals surface area contributed by atoms with E-state index in [0.29, 0.717) is 34.6 Å². The van der Waals surface area contributed by atoms with Crippen LogP contribution in [0, 0.1) is 0 Å². The first-order valence-corrected chi connectivity index (χ1v) is 9.58. The minimum atomic E-state index is -0.352. The van der Waals surface area contributed by atoms with E-state index < -0.39 is 0 Å². The van der Waals surface area contributed by atoms with Crippen LogP contribution in [-0.4, -0.2) is 40.8 Å². The van der Waals surface area contributed by atoms with Crippen LogP contribution < -0.4 is 10.6 Å². The summed E-state index contributed by atoms with van der Waals surface area (Å²) in [6.07, 6.45) is 4.10. The van der Waals surface area contributed by atoms with Crippen LogP contribution in [0.1, 0.15) is 30.6 Å². The van der Waals surface area contributed by atoms with Gasteiger partial charge in [0.15, 0.2) is 0 Å². The molecule has 1 aromatic carbocycles. The average Bonchev–Trinajstić information content (AvgIpc) is 2.70. The number of amides is 2. The second-order valence-corrected chi connectivity index (χ2v) is 7.32. The maximum absolute atomic E-state index is 12.7. The molecule has 0 fully saturated rings. The average molecular weight is 399 g/mol. The fraction of sp³-hybridized carbons (Fsp3) is 0.286. The van der Waals surface area contributed by atoms with Gasteiger partial charge in [-0.1, -0.05) is 29.8 Å². The molecule has 1 aromatic heterocycles. The summed E-state index contributed by atoms with van der Waals surface area (Å²) < 4.78 is 0. The second-order valence-electron chi connectivity index (χ2n) is 6.88. The molecule has 28 heavy (non-hydrogen) atoms. The van der Waals surface area contributed by atoms with E-state index in [-0.39, 0.29) is 11.8 Å². The number of nitrogens with zero attached hydrogens (tertiary/aromatic N) is 2. The van der Waals surface area contributed by atoms with E-state index in [9.17, 15) is 9.59 Å². The SMILES string of the molecule is CC(C)N1CC=C(C(=O)Nc2ccccc2C(=O)Nc2ccc(Cl)cn2)CC1. The van der Waals surface area contributed by atoms with E-state index in [2.05, 4.69) is 34.4 Å². The smallest absolute Gasteiger partial charge is 0.258 e. The number of carbonyl (C=O) groups is 2. The number of nitrogens with one attached hydrogen (secondary N) is 2. The van der Waals surface area contributed by atoms with E-state index in [1.165, 1.54) is 6.20 Å². The van der Waals surface area contributed by atoms with Crippen LogP contribution in [0.15, 0.2) is 54.2 Å². The van der Waals surface area contributed by atoms with Gasteiger partial charge in [0.25, 0.3) is 11.8 Å². The molecule has 6 nitrogen and oxygen atoms in total. The predicted molar refractivity (Wildman–Crippen MR) is 112 cm³/mol. The molecule has 146 valence electrons. The van der Waals surface area contributed by atoms with Crippen molar-refractivity contribution in [2.45, 2.75) is 26.3 Å². The third kappa shape index (κ3) is 4.97. The quantitative estimate of drug-likeness (QED) is 0.799. The Hall–Kier alpha value is -2.70. The molecule has 1 aliphatic heterocycles. The van der Waals surface area contributed by atoms with Gasteiger partial charge in [0, 0.05) is 30.9 Å². The highest BCUT2D eigenvalue weighted by Gasteiger charge is 2.20. The zero-order chi connectivity index (χ0) is 20.1. The standard InChI is InChI=1S/C21H23ClN4O2/c1-14(2)26-11-9-15(10-12-26)20(27)24-18-6-4-3-5-17(18)21(28)25-19-8-7-16(22)13-23-19/h3-9,13-14H,10-12H2,1-2H3,(H,24,27)(H,23,25,28). The van der Waals surface area contributed by atoms with Crippen LogP contribution in [0.2, 0.25) is 5.02 Å². The number of hydrogen-bond donors (Lipinski definition) is 2. The molecule has 2 N–H and O–H groups in total. The number of aromatic nitrogens is 1. The van der Waals surface area contributed by atoms with Crippen molar-refractivity contribution >= 4 is 34.9 Å². The zero-order valence-electron chi connectivity index (χ0n) is 15.9. The van der Waals surface area contributed by atoms with Gasteiger partial charge in [0.1, 0.15) is 5.82 Å². The summed E-state index contributed by atoms with van der Waals surface area (Å²) in [5.74, 6) is -0.137. The van der Waals surface area contributed by atoms with Gasteiger partial charge in [-0.25, -0.2) is 4.98 Å². The Morgan fingerprint density at radius 2 is 1.89 bits per heavy atom. The van der Waals surface area contributed by atoms with Gasteiger partial charge in [-0.2, -0.15) is 0 Å². The molecule has 0 unspecified atom stereocenters. The Kier molecular flexibility index (Phi) is 6.44. The van der Waals surface area contributed by atoms with Crippen molar-refractivity contribution in [1.29, 1.82) is 0 Å². The van der Waals surface area contributed by atoms with Crippen molar-refractivity contribution in [3.8, 4) is 0 Å². The monoisotopic (exact) mass is 398 g/mol. The predicted octanol–water partition coefficient (Wildman–Crippen LogP) is 3.97. The molecule has 0 spiro atoms. The summed E-state index contributed by atoms with van der Waals surface area (Å²) in [6.45, 7) is 5.89. The molecule has 0 aliphatic carbocycles. The van der Waals surface area contributed by atoms with Crippen molar-refractivity contribution in [2.24, 2.45) is 0 Å². The number of halogens is 1. The lowest BCUT2D eigenvalue weighted by atomic mass is 10.1. The first-order chi connectivity index (χ1) is 13.4. The number of rotatable bonds is 5. The highest BCUT2D eigenvalue weighted by Crippen LogP contribution is 2.20. The molecule has 2 amide bonds. The van der Waals surface area contributed by atoms with Crippen LogP contribution in [-0.2, 0) is 4.79 Å². The zero-order valence-corrected chi connectivity index (χ0v) is 16.7. The number of carbonyl (C=O) groups excluding carboxylic acids is 2. The molecule has 2 aromatic rings. The normalized spacial score (nSPS) is 14.5. The Balaban J connectivity index is 1.71. The molecule has 0 bridgehead atoms. The van der Waals surface area contributed by atoms with Gasteiger partial charge in [-0.3, -0.25) is 14.5 Å². The largest absolute Gasteiger partial charge is 0.322 e. The summed E-state index contributed by atoms with van der Waals surface area (Å²) in [5.41, 5.74) is 1.57. The van der Waals surface area contributed by atoms with Crippen LogP contribution in [0.5, 0.6) is 0 Å². The van der Waals surface area contributed by atoms with Crippen molar-refractivity contribution in [2.75, 3.05) is 23.7 Å². The first kappa shape index (κ1) is 20.0. The Morgan fingerprint density at radius 1 is 1.11 bits per heavy atom. The van der Waals surface area contributed by atoms with E-state index in [0.717, 1.165) is 18.7 Å². The van der Waals surface area contributed by atoms with Gasteiger partial charge in [-0.15, -0.1) is 0 Å². The van der Waals surface area contributed by atoms with E-state index >= 15 is 0 Å². The topological polar surface area (TPSA) is 74.3 Å². The lowest BCUT2D eigenvalue weighted by Crippen LogP contribution is -2.36. The molecule has 1 aliphatic rings. The maximum Gasteiger partial charge on any atom is 0.258 e. The van der Waals surface area contributed by atoms with Crippen LogP contribution in [0.3, 0.4) is 0 Å². The number of benzene rings is 1. The maximum atomic E-state index is 12.7. The van der Waals surface area contributed by atoms with Crippen molar-refractivity contribution in [3.63, 3.8) is 0 Å². The summed E-state index contributed by atoms with van der Waals surface area (Å²) in [7, 11) is 0. The van der Waals surface area contributed by atoms with Crippen LogP contribution >= 0.6 is 11.6 Å². The third-order valence-electron chi connectivity index (χ3n) is 4.65. The fourth-order valence-electron chi connectivity index (χ4n) is 2.99. The Labute approximate surface area is 169 Å². The molecule has 0 atom stereocenters. The van der Waals surface area contributed by atoms with Gasteiger partial charge in [0.2, 0.25) is 0 Å². The minimum absolute atomic E-state index is 0.173. The second kappa shape index (κ2) is 8.99. The van der Waals surface area contributed by atoms with Crippen LogP contribution in [0.4, 0.5) is 11.5 Å². The number of pyridine rings is 1. The molecule has 2 heterocycles. The molecule has 0 saturated heterocycles. The van der Waals surface area contributed by atoms with Crippen molar-refractivity contribution in [1.82, 2.24) is 9.88 Å². The summed E-state index contributed by atoms with van der Waals surface area (Å²) in [4.78, 5) is 31.7. The first-order valence-electron chi connectivity index (χ1n) is 9.20. The molecular formula is C21H23ClN4O2. The molecule has 3 rings (SSSR count). The van der Waals surface area contributed by atoms with E-state index in [1.807, 2.05) is 6.08 Å². The van der Waals surface area contributed by atoms with Gasteiger partial charge in [0.05, 0.1) is 16.3 Å². The van der Waals surface area contributed by atoms with Crippen molar-refractivity contribution < 1.29 is 9.59 Å². The van der Waals surface area contributed by atoms with Gasteiger partial charge in [-0.05, 0) is 44.5 Å². The lowest BCUT2D eigenvalue weighted by molar-refractivity contribution is -0.113. The van der Waals surface area contributed by atoms with Crippen LogP contribution in [0.25, 0.3) is 0 Å². The minimum Gasteiger partial charge on any atom is -0.322 e. The third-order valence-corrected chi connectivity index (χ3v) is 4.87. The van der Waals surface area contributed by atoms with Gasteiger partial charge >= 0.3 is 0 Å². The Bertz CT molecular complexity index is 894. The van der Waals surface area contributed by atoms with Gasteiger partial charge < -0.3 is 10.6 Å². The summed E-state index contributed by atoms with van der Waals surface area (Å²) >= 11 is 5.82. The molecular weight excluding hydrogens is 376 g/mol. The summed E-state index contributed by atoms with van der Waals surface area (Å²) in [5, 5.41) is 6.08. The fourth-order valence-corrected chi connectivity index (χ4v) is 3.10. The number of hydrogen-bond acceptors (Lipinski definition) is 4. The van der Waals surface area contributed by atoms with E-state index in [4.69, 9.17) is 11.6 Å². The highest BCUT2D eigenvalue weighted by molar-refractivity contribution is 6.30.